The molecule has 0 aliphatic heterocycles. The predicted octanol–water partition coefficient (Wildman–Crippen LogP) is 4.23. The molecule has 2 fully saturated rings. The van der Waals surface area contributed by atoms with E-state index >= 15 is 0 Å². The fourth-order valence-electron chi connectivity index (χ4n) is 3.86. The molecule has 3 rings (SSSR count). The number of hydrogen-bond acceptors (Lipinski definition) is 0. The van der Waals surface area contributed by atoms with Gasteiger partial charge in [-0.1, -0.05) is 37.3 Å². The van der Waals surface area contributed by atoms with Crippen LogP contribution < -0.4 is 0 Å². The molecule has 0 radical (unpaired) electrons. The lowest BCUT2D eigenvalue weighted by atomic mass is 9.77. The third-order valence-electron chi connectivity index (χ3n) is 4.62. The molecule has 15 heavy (non-hydrogen) atoms. The third-order valence-corrected chi connectivity index (χ3v) is 4.62. The van der Waals surface area contributed by atoms with Gasteiger partial charge in [0.05, 0.1) is 0 Å². The zero-order valence-electron chi connectivity index (χ0n) is 9.52. The van der Waals surface area contributed by atoms with Gasteiger partial charge in [-0.05, 0) is 54.9 Å². The maximum Gasteiger partial charge on any atom is -0.0157 e. The Morgan fingerprint density at radius 3 is 2.47 bits per heavy atom. The van der Waals surface area contributed by atoms with E-state index in [-0.39, 0.29) is 0 Å². The molecule has 0 heterocycles. The van der Waals surface area contributed by atoms with Gasteiger partial charge in [0.1, 0.15) is 0 Å². The van der Waals surface area contributed by atoms with Crippen molar-refractivity contribution in [1.82, 2.24) is 0 Å². The third kappa shape index (κ3) is 1.71. The minimum atomic E-state index is 0.861. The molecule has 2 aliphatic rings. The predicted molar refractivity (Wildman–Crippen MR) is 63.8 cm³/mol. The van der Waals surface area contributed by atoms with Gasteiger partial charge in [-0.15, -0.1) is 0 Å². The van der Waals surface area contributed by atoms with Crippen LogP contribution in [0.25, 0.3) is 0 Å². The zero-order chi connectivity index (χ0) is 10.3. The Kier molecular flexibility index (Phi) is 2.31. The van der Waals surface area contributed by atoms with Gasteiger partial charge in [-0.25, -0.2) is 0 Å². The Morgan fingerprint density at radius 1 is 0.933 bits per heavy atom. The summed E-state index contributed by atoms with van der Waals surface area (Å²) in [6.45, 7) is 2.46. The summed E-state index contributed by atoms with van der Waals surface area (Å²) < 4.78 is 0. The average molecular weight is 200 g/mol. The van der Waals surface area contributed by atoms with Gasteiger partial charge in [-0.2, -0.15) is 0 Å². The van der Waals surface area contributed by atoms with Gasteiger partial charge in [0.15, 0.2) is 0 Å². The molecule has 0 aromatic heterocycles. The Balaban J connectivity index is 1.80. The zero-order valence-corrected chi connectivity index (χ0v) is 9.52. The van der Waals surface area contributed by atoms with Crippen molar-refractivity contribution < 1.29 is 0 Å². The van der Waals surface area contributed by atoms with Crippen LogP contribution in [0.5, 0.6) is 0 Å². The standard InChI is InChI=1S/C15H20/c1-11-7-12-8-14(11)10-15(9-12)13-5-3-2-4-6-13/h2-6,11-12,14-15H,7-10H2,1H3/t11?,12?,14?,15-/m0/s1. The van der Waals surface area contributed by atoms with Crippen LogP contribution >= 0.6 is 0 Å². The lowest BCUT2D eigenvalue weighted by Gasteiger charge is -2.28. The maximum atomic E-state index is 2.46. The van der Waals surface area contributed by atoms with Crippen molar-refractivity contribution in [3.63, 3.8) is 0 Å². The first kappa shape index (κ1) is 9.45. The molecule has 0 amide bonds. The Morgan fingerprint density at radius 2 is 1.73 bits per heavy atom. The smallest absolute Gasteiger partial charge is 0.0157 e. The van der Waals surface area contributed by atoms with Gasteiger partial charge in [0.2, 0.25) is 0 Å². The van der Waals surface area contributed by atoms with Crippen molar-refractivity contribution in [3.8, 4) is 0 Å². The van der Waals surface area contributed by atoms with Crippen molar-refractivity contribution >= 4 is 0 Å². The monoisotopic (exact) mass is 200 g/mol. The van der Waals surface area contributed by atoms with Crippen LogP contribution in [0.2, 0.25) is 0 Å². The number of fused-ring (bicyclic) bond motifs is 2. The van der Waals surface area contributed by atoms with Crippen LogP contribution in [0.1, 0.15) is 44.1 Å². The van der Waals surface area contributed by atoms with Gasteiger partial charge in [0.25, 0.3) is 0 Å². The van der Waals surface area contributed by atoms with Crippen molar-refractivity contribution in [2.45, 2.75) is 38.5 Å². The number of rotatable bonds is 1. The van der Waals surface area contributed by atoms with Gasteiger partial charge >= 0.3 is 0 Å². The molecule has 2 bridgehead atoms. The second-order valence-corrected chi connectivity index (χ2v) is 5.65. The van der Waals surface area contributed by atoms with Crippen molar-refractivity contribution in [1.29, 1.82) is 0 Å². The van der Waals surface area contributed by atoms with Crippen LogP contribution in [-0.2, 0) is 0 Å². The number of hydrogen-bond donors (Lipinski definition) is 0. The molecule has 1 aromatic carbocycles. The molecule has 3 unspecified atom stereocenters. The van der Waals surface area contributed by atoms with Gasteiger partial charge in [0, 0.05) is 0 Å². The SMILES string of the molecule is CC1CC2CC1C[C@@H](c1ccccc1)C2. The van der Waals surface area contributed by atoms with E-state index in [2.05, 4.69) is 37.3 Å². The van der Waals surface area contributed by atoms with E-state index < -0.39 is 0 Å². The van der Waals surface area contributed by atoms with E-state index in [1.807, 2.05) is 0 Å². The lowest BCUT2D eigenvalue weighted by molar-refractivity contribution is 0.300. The molecular formula is C15H20. The first-order chi connectivity index (χ1) is 7.33. The summed E-state index contributed by atoms with van der Waals surface area (Å²) in [4.78, 5) is 0. The summed E-state index contributed by atoms with van der Waals surface area (Å²) in [5.74, 6) is 3.90. The Labute approximate surface area is 92.7 Å². The first-order valence-electron chi connectivity index (χ1n) is 6.38. The van der Waals surface area contributed by atoms with Crippen LogP contribution in [0.4, 0.5) is 0 Å². The van der Waals surface area contributed by atoms with Gasteiger partial charge < -0.3 is 0 Å². The highest BCUT2D eigenvalue weighted by atomic mass is 14.4. The highest BCUT2D eigenvalue weighted by Gasteiger charge is 2.38. The first-order valence-corrected chi connectivity index (χ1v) is 6.38. The molecule has 0 heteroatoms. The van der Waals surface area contributed by atoms with Crippen LogP contribution in [-0.4, -0.2) is 0 Å². The van der Waals surface area contributed by atoms with Gasteiger partial charge in [-0.3, -0.25) is 0 Å². The lowest BCUT2D eigenvalue weighted by Crippen LogP contribution is -2.15. The average Bonchev–Trinajstić information content (AvgIpc) is 2.54. The van der Waals surface area contributed by atoms with Crippen LogP contribution in [0.3, 0.4) is 0 Å². The molecule has 1 aromatic rings. The van der Waals surface area contributed by atoms with E-state index in [9.17, 15) is 0 Å². The minimum Gasteiger partial charge on any atom is -0.0622 e. The fourth-order valence-corrected chi connectivity index (χ4v) is 3.86. The van der Waals surface area contributed by atoms with E-state index in [1.165, 1.54) is 25.7 Å². The molecule has 2 aliphatic carbocycles. The molecule has 2 saturated carbocycles. The molecule has 4 atom stereocenters. The quantitative estimate of drug-likeness (QED) is 0.636. The van der Waals surface area contributed by atoms with Crippen LogP contribution in [0.15, 0.2) is 30.3 Å². The summed E-state index contributed by atoms with van der Waals surface area (Å²) >= 11 is 0. The van der Waals surface area contributed by atoms with E-state index in [0.717, 1.165) is 23.7 Å². The normalized spacial score (nSPS) is 39.3. The van der Waals surface area contributed by atoms with Crippen molar-refractivity contribution in [3.05, 3.63) is 35.9 Å². The summed E-state index contributed by atoms with van der Waals surface area (Å²) in [5.41, 5.74) is 1.58. The molecule has 0 nitrogen and oxygen atoms in total. The summed E-state index contributed by atoms with van der Waals surface area (Å²) in [6.07, 6.45) is 5.91. The second kappa shape index (κ2) is 3.66. The summed E-state index contributed by atoms with van der Waals surface area (Å²) in [5, 5.41) is 0. The largest absolute Gasteiger partial charge is 0.0622 e. The molecule has 80 valence electrons. The van der Waals surface area contributed by atoms with E-state index in [0.29, 0.717) is 0 Å². The Bertz CT molecular complexity index is 325. The fraction of sp³-hybridized carbons (Fsp3) is 0.600. The molecule has 0 spiro atoms. The van der Waals surface area contributed by atoms with Crippen LogP contribution in [0, 0.1) is 17.8 Å². The van der Waals surface area contributed by atoms with Crippen molar-refractivity contribution in [2.24, 2.45) is 17.8 Å². The minimum absolute atomic E-state index is 0.861. The highest BCUT2D eigenvalue weighted by molar-refractivity contribution is 5.20. The highest BCUT2D eigenvalue weighted by Crippen LogP contribution is 2.50. The van der Waals surface area contributed by atoms with E-state index in [4.69, 9.17) is 0 Å². The maximum absolute atomic E-state index is 2.46. The Hall–Kier alpha value is -0.780. The summed E-state index contributed by atoms with van der Waals surface area (Å²) in [7, 11) is 0. The molecule has 0 N–H and O–H groups in total. The summed E-state index contributed by atoms with van der Waals surface area (Å²) in [6, 6.07) is 11.1. The van der Waals surface area contributed by atoms with Crippen molar-refractivity contribution in [2.75, 3.05) is 0 Å². The number of benzene rings is 1. The molecular weight excluding hydrogens is 180 g/mol. The molecule has 0 saturated heterocycles. The topological polar surface area (TPSA) is 0 Å². The van der Waals surface area contributed by atoms with E-state index in [1.54, 1.807) is 5.56 Å². The second-order valence-electron chi connectivity index (χ2n) is 5.65.